The molecule has 2 amide bonds. The van der Waals surface area contributed by atoms with Gasteiger partial charge in [-0.1, -0.05) is 55.2 Å². The van der Waals surface area contributed by atoms with Crippen LogP contribution in [0.1, 0.15) is 64.1 Å². The van der Waals surface area contributed by atoms with E-state index in [0.29, 0.717) is 33.3 Å². The third kappa shape index (κ3) is 5.26. The van der Waals surface area contributed by atoms with E-state index < -0.39 is 17.8 Å². The number of nitrogens with one attached hydrogen (secondary N) is 1. The van der Waals surface area contributed by atoms with Crippen LogP contribution in [0.25, 0.3) is 0 Å². The number of rotatable bonds is 5. The van der Waals surface area contributed by atoms with Crippen molar-refractivity contribution < 1.29 is 14.0 Å². The molecule has 2 saturated heterocycles. The van der Waals surface area contributed by atoms with Gasteiger partial charge in [-0.2, -0.15) is 0 Å². The molecule has 1 aromatic heterocycles. The minimum absolute atomic E-state index is 0.0167. The van der Waals surface area contributed by atoms with Crippen molar-refractivity contribution in [1.82, 2.24) is 25.0 Å². The summed E-state index contributed by atoms with van der Waals surface area (Å²) >= 11 is 13.7. The standard InChI is InChI=1S/C33H37Cl2FN6O2S/c1-18(2)26-27(30(44)40-16-23(36)13-24(40)29(43)41-17-33(11-12-33)38-14-19(41)3)45-31-39-32(4,21-7-10-25(35)37-15-21)28(42(26)31)20-5-8-22(34)9-6-20/h5-10,15,18-19,23-24,28,38H,11-14,16-17H2,1-4H3/t19-,23-,24+,28-,32+/m1/s1. The van der Waals surface area contributed by atoms with Gasteiger partial charge >= 0.3 is 0 Å². The number of amidine groups is 1. The lowest BCUT2D eigenvalue weighted by Gasteiger charge is -2.41. The van der Waals surface area contributed by atoms with Crippen LogP contribution in [0.4, 0.5) is 4.39 Å². The second-order valence-electron chi connectivity index (χ2n) is 13.5. The SMILES string of the molecule is CC(C)C1=C(C(=O)N2C[C@H](F)C[C@H]2C(=O)N2CC3(CC3)NC[C@H]2C)SC2=N[C@@](C)(c3ccc(Cl)nc3)[C@@H](c3ccc(Cl)cc3)N21. The first-order valence-electron chi connectivity index (χ1n) is 15.6. The van der Waals surface area contributed by atoms with Crippen molar-refractivity contribution >= 4 is 51.9 Å². The Morgan fingerprint density at radius 1 is 1.11 bits per heavy atom. The number of aliphatic imine (C=N–C) groups is 1. The Labute approximate surface area is 277 Å². The maximum atomic E-state index is 15.1. The van der Waals surface area contributed by atoms with Crippen LogP contribution in [0.2, 0.25) is 10.2 Å². The van der Waals surface area contributed by atoms with Crippen molar-refractivity contribution in [3.8, 4) is 0 Å². The molecule has 5 heterocycles. The predicted molar refractivity (Wildman–Crippen MR) is 176 cm³/mol. The first-order valence-corrected chi connectivity index (χ1v) is 17.2. The smallest absolute Gasteiger partial charge is 0.263 e. The summed E-state index contributed by atoms with van der Waals surface area (Å²) < 4.78 is 15.1. The highest BCUT2D eigenvalue weighted by atomic mass is 35.5. The van der Waals surface area contributed by atoms with Crippen LogP contribution in [0.15, 0.2) is 58.2 Å². The van der Waals surface area contributed by atoms with Crippen LogP contribution in [0.5, 0.6) is 0 Å². The van der Waals surface area contributed by atoms with Gasteiger partial charge in [0.2, 0.25) is 5.91 Å². The number of thioether (sulfide) groups is 1. The van der Waals surface area contributed by atoms with Gasteiger partial charge in [-0.3, -0.25) is 9.59 Å². The Bertz CT molecular complexity index is 1600. The molecular formula is C33H37Cl2FN6O2S. The van der Waals surface area contributed by atoms with Gasteiger partial charge in [-0.15, -0.1) is 0 Å². The van der Waals surface area contributed by atoms with E-state index in [1.54, 1.807) is 12.3 Å². The Hall–Kier alpha value is -2.66. The summed E-state index contributed by atoms with van der Waals surface area (Å²) in [6.07, 6.45) is 2.56. The van der Waals surface area contributed by atoms with Gasteiger partial charge in [-0.25, -0.2) is 14.4 Å². The lowest BCUT2D eigenvalue weighted by atomic mass is 9.81. The van der Waals surface area contributed by atoms with E-state index in [4.69, 9.17) is 28.2 Å². The van der Waals surface area contributed by atoms with Crippen LogP contribution < -0.4 is 5.32 Å². The topological polar surface area (TPSA) is 81.1 Å². The summed E-state index contributed by atoms with van der Waals surface area (Å²) in [7, 11) is 0. The molecule has 5 aliphatic rings. The molecule has 12 heteroatoms. The molecular weight excluding hydrogens is 634 g/mol. The molecule has 45 heavy (non-hydrogen) atoms. The zero-order valence-corrected chi connectivity index (χ0v) is 28.1. The third-order valence-corrected chi connectivity index (χ3v) is 11.5. The first-order chi connectivity index (χ1) is 21.4. The number of nitrogens with zero attached hydrogens (tertiary/aromatic N) is 5. The Morgan fingerprint density at radius 2 is 1.84 bits per heavy atom. The zero-order valence-electron chi connectivity index (χ0n) is 25.8. The summed E-state index contributed by atoms with van der Waals surface area (Å²) in [4.78, 5) is 44.1. The molecule has 1 aliphatic carbocycles. The van der Waals surface area contributed by atoms with E-state index in [1.165, 1.54) is 16.7 Å². The molecule has 5 atom stereocenters. The minimum Gasteiger partial charge on any atom is -0.335 e. The van der Waals surface area contributed by atoms with Crippen molar-refractivity contribution in [3.05, 3.63) is 74.5 Å². The zero-order chi connectivity index (χ0) is 31.8. The summed E-state index contributed by atoms with van der Waals surface area (Å²) in [6, 6.07) is 10.2. The molecule has 0 radical (unpaired) electrons. The fourth-order valence-corrected chi connectivity index (χ4v) is 8.91. The second kappa shape index (κ2) is 11.2. The van der Waals surface area contributed by atoms with Crippen LogP contribution in [0.3, 0.4) is 0 Å². The number of carbonyl (C=O) groups excluding carboxylic acids is 2. The Kier molecular flexibility index (Phi) is 7.74. The summed E-state index contributed by atoms with van der Waals surface area (Å²) in [5.74, 6) is -0.531. The molecule has 1 saturated carbocycles. The highest BCUT2D eigenvalue weighted by Crippen LogP contribution is 2.56. The molecule has 4 aliphatic heterocycles. The third-order valence-electron chi connectivity index (χ3n) is 9.96. The van der Waals surface area contributed by atoms with Crippen LogP contribution in [-0.2, 0) is 15.1 Å². The molecule has 7 rings (SSSR count). The van der Waals surface area contributed by atoms with E-state index >= 15 is 4.39 Å². The molecule has 2 aromatic rings. The quantitative estimate of drug-likeness (QED) is 0.398. The molecule has 3 fully saturated rings. The fourth-order valence-electron chi connectivity index (χ4n) is 7.31. The molecule has 1 spiro atoms. The number of alkyl halides is 1. The van der Waals surface area contributed by atoms with E-state index in [-0.39, 0.29) is 48.3 Å². The molecule has 1 N–H and O–H groups in total. The number of pyridine rings is 1. The minimum atomic E-state index is -1.26. The van der Waals surface area contributed by atoms with E-state index in [1.807, 2.05) is 56.0 Å². The van der Waals surface area contributed by atoms with Gasteiger partial charge in [0, 0.05) is 53.6 Å². The fraction of sp³-hybridized carbons (Fsp3) is 0.515. The van der Waals surface area contributed by atoms with Gasteiger partial charge in [0.1, 0.15) is 27.8 Å². The number of hydrogen-bond acceptors (Lipinski definition) is 7. The van der Waals surface area contributed by atoms with Crippen LogP contribution in [0, 0.1) is 5.92 Å². The number of allylic oxidation sites excluding steroid dienone is 1. The number of hydrogen-bond donors (Lipinski definition) is 1. The van der Waals surface area contributed by atoms with Crippen LogP contribution in [-0.4, -0.2) is 80.1 Å². The van der Waals surface area contributed by atoms with E-state index in [2.05, 4.69) is 22.1 Å². The van der Waals surface area contributed by atoms with Gasteiger partial charge in [0.25, 0.3) is 5.91 Å². The lowest BCUT2D eigenvalue weighted by Crippen LogP contribution is -2.61. The van der Waals surface area contributed by atoms with Gasteiger partial charge in [0.05, 0.1) is 12.6 Å². The van der Waals surface area contributed by atoms with Crippen molar-refractivity contribution in [2.45, 2.75) is 82.3 Å². The summed E-state index contributed by atoms with van der Waals surface area (Å²) in [5.41, 5.74) is 1.90. The monoisotopic (exact) mass is 670 g/mol. The van der Waals surface area contributed by atoms with Crippen molar-refractivity contribution in [3.63, 3.8) is 0 Å². The number of amides is 2. The number of halogens is 3. The van der Waals surface area contributed by atoms with E-state index in [9.17, 15) is 9.59 Å². The number of carbonyl (C=O) groups is 2. The molecule has 238 valence electrons. The first kappa shape index (κ1) is 31.0. The Balaban J connectivity index is 1.25. The highest BCUT2D eigenvalue weighted by Gasteiger charge is 2.55. The van der Waals surface area contributed by atoms with Crippen molar-refractivity contribution in [1.29, 1.82) is 0 Å². The average molecular weight is 672 g/mol. The maximum absolute atomic E-state index is 15.1. The highest BCUT2D eigenvalue weighted by molar-refractivity contribution is 8.18. The Morgan fingerprint density at radius 3 is 2.49 bits per heavy atom. The second-order valence-corrected chi connectivity index (χ2v) is 15.3. The number of aromatic nitrogens is 1. The van der Waals surface area contributed by atoms with Gasteiger partial charge < -0.3 is 20.0 Å². The predicted octanol–water partition coefficient (Wildman–Crippen LogP) is 5.92. The van der Waals surface area contributed by atoms with Crippen LogP contribution >= 0.6 is 35.0 Å². The summed E-state index contributed by atoms with van der Waals surface area (Å²) in [6.45, 7) is 9.37. The number of piperazine rings is 1. The molecule has 8 nitrogen and oxygen atoms in total. The molecule has 1 aromatic carbocycles. The van der Waals surface area contributed by atoms with E-state index in [0.717, 1.165) is 29.7 Å². The maximum Gasteiger partial charge on any atom is 0.263 e. The lowest BCUT2D eigenvalue weighted by molar-refractivity contribution is -0.144. The molecule has 0 bridgehead atoms. The number of benzene rings is 1. The number of fused-ring (bicyclic) bond motifs is 1. The van der Waals surface area contributed by atoms with Gasteiger partial charge in [-0.05, 0) is 68.1 Å². The van der Waals surface area contributed by atoms with Crippen molar-refractivity contribution in [2.24, 2.45) is 10.9 Å². The molecule has 0 unspecified atom stereocenters. The number of likely N-dealkylation sites (tertiary alicyclic amines) is 1. The normalized spacial score (nSPS) is 30.4. The average Bonchev–Trinajstić information content (AvgIpc) is 3.33. The largest absolute Gasteiger partial charge is 0.335 e. The van der Waals surface area contributed by atoms with Gasteiger partial charge in [0.15, 0.2) is 5.17 Å². The summed E-state index contributed by atoms with van der Waals surface area (Å²) in [5, 5.41) is 5.27. The van der Waals surface area contributed by atoms with Crippen molar-refractivity contribution in [2.75, 3.05) is 19.6 Å².